The number of carbonyl (C=O) groups excluding carboxylic acids is 1. The maximum Gasteiger partial charge on any atom is 0.192 e. The molecular weight excluding hydrogens is 629 g/mol. The zero-order valence-electron chi connectivity index (χ0n) is 33.2. The molecule has 2 aliphatic rings. The zero-order valence-corrected chi connectivity index (χ0v) is 35.2. The Hall–Kier alpha value is -0.696. The molecule has 7 atom stereocenters. The number of rotatable bonds is 14. The minimum absolute atomic E-state index is 0.0923. The molecule has 8 nitrogen and oxygen atoms in total. The normalized spacial score (nSPS) is 27.3. The fraction of sp³-hybridized carbons (Fsp3) is 0.865. The molecule has 0 amide bonds. The summed E-state index contributed by atoms with van der Waals surface area (Å²) in [7, 11) is -3.72. The van der Waals surface area contributed by atoms with Crippen molar-refractivity contribution in [3.63, 3.8) is 0 Å². The Morgan fingerprint density at radius 2 is 1.15 bits per heavy atom. The predicted octanol–water partition coefficient (Wildman–Crippen LogP) is 8.80. The van der Waals surface area contributed by atoms with Crippen LogP contribution < -0.4 is 0 Å². The van der Waals surface area contributed by atoms with Gasteiger partial charge in [0.15, 0.2) is 28.2 Å². The molecule has 1 N–H and O–H groups in total. The number of carbonyl (C=O) groups is 1. The lowest BCUT2D eigenvalue weighted by Crippen LogP contribution is -2.48. The molecule has 2 rings (SSSR count). The molecule has 276 valence electrons. The van der Waals surface area contributed by atoms with Gasteiger partial charge in [-0.05, 0) is 77.3 Å². The molecule has 10 heteroatoms. The number of ether oxygens (including phenoxy) is 4. The van der Waals surface area contributed by atoms with E-state index in [-0.39, 0.29) is 52.1 Å². The minimum Gasteiger partial charge on any atom is -0.414 e. The van der Waals surface area contributed by atoms with E-state index in [9.17, 15) is 9.90 Å². The van der Waals surface area contributed by atoms with Crippen molar-refractivity contribution in [2.75, 3.05) is 13.2 Å². The molecule has 0 spiro atoms. The summed E-state index contributed by atoms with van der Waals surface area (Å²) in [5.41, 5.74) is -0.884. The molecule has 0 saturated carbocycles. The van der Waals surface area contributed by atoms with Crippen LogP contribution in [0.15, 0.2) is 25.3 Å². The van der Waals surface area contributed by atoms with E-state index in [2.05, 4.69) is 80.9 Å². The summed E-state index contributed by atoms with van der Waals surface area (Å²) < 4.78 is 36.9. The first kappa shape index (κ1) is 44.3. The van der Waals surface area contributed by atoms with E-state index in [0.29, 0.717) is 26.1 Å². The third kappa shape index (κ3) is 12.5. The lowest BCUT2D eigenvalue weighted by molar-refractivity contribution is -0.159. The number of allylic oxidation sites excluding steroid dienone is 1. The molecule has 0 aromatic heterocycles. The Balaban J connectivity index is 0.000000470. The SMILES string of the molecule is C=CCC(=O)[C@H](C)[C@H]1OC(C)(C)O[C@H]1CO[Si](C)(C)C(C)(C)C.C=CC[C@](C)(O)[C@H](C)[C@H]1OC(C)(C)O[C@H]1CO[Si](C)(C)C(C)(C)C. The van der Waals surface area contributed by atoms with Crippen LogP contribution in [0.4, 0.5) is 0 Å². The molecule has 0 bridgehead atoms. The molecule has 2 aliphatic heterocycles. The van der Waals surface area contributed by atoms with Crippen molar-refractivity contribution >= 4 is 22.4 Å². The first-order valence-electron chi connectivity index (χ1n) is 17.4. The van der Waals surface area contributed by atoms with Gasteiger partial charge >= 0.3 is 0 Å². The van der Waals surface area contributed by atoms with E-state index >= 15 is 0 Å². The van der Waals surface area contributed by atoms with Gasteiger partial charge in [-0.15, -0.1) is 13.2 Å². The Morgan fingerprint density at radius 3 is 1.51 bits per heavy atom. The molecule has 0 radical (unpaired) electrons. The summed E-state index contributed by atoms with van der Waals surface area (Å²) >= 11 is 0. The molecule has 0 aromatic carbocycles. The maximum atomic E-state index is 12.2. The van der Waals surface area contributed by atoms with Crippen molar-refractivity contribution in [1.82, 2.24) is 0 Å². The molecule has 0 aliphatic carbocycles. The molecule has 2 fully saturated rings. The van der Waals surface area contributed by atoms with Gasteiger partial charge in [-0.2, -0.15) is 0 Å². The lowest BCUT2D eigenvalue weighted by Gasteiger charge is -2.38. The summed E-state index contributed by atoms with van der Waals surface area (Å²) in [6.07, 6.45) is 3.38. The van der Waals surface area contributed by atoms with Crippen LogP contribution in [-0.2, 0) is 32.6 Å². The van der Waals surface area contributed by atoms with E-state index in [1.807, 2.05) is 48.5 Å². The van der Waals surface area contributed by atoms with E-state index in [1.54, 1.807) is 12.2 Å². The first-order valence-corrected chi connectivity index (χ1v) is 23.2. The van der Waals surface area contributed by atoms with Crippen LogP contribution in [0, 0.1) is 11.8 Å². The average molecular weight is 701 g/mol. The van der Waals surface area contributed by atoms with Gasteiger partial charge in [0, 0.05) is 18.3 Å². The Bertz CT molecular complexity index is 1040. The van der Waals surface area contributed by atoms with Crippen LogP contribution in [0.1, 0.15) is 103 Å². The predicted molar refractivity (Wildman–Crippen MR) is 198 cm³/mol. The molecular formula is C37H72O8Si2. The number of hydrogen-bond donors (Lipinski definition) is 1. The fourth-order valence-electron chi connectivity index (χ4n) is 5.19. The number of ketones is 1. The van der Waals surface area contributed by atoms with Crippen LogP contribution in [-0.4, -0.2) is 82.3 Å². The van der Waals surface area contributed by atoms with Gasteiger partial charge in [-0.3, -0.25) is 4.79 Å². The summed E-state index contributed by atoms with van der Waals surface area (Å²) in [6.45, 7) is 43.9. The molecule has 2 saturated heterocycles. The topological polar surface area (TPSA) is 92.7 Å². The van der Waals surface area contributed by atoms with Gasteiger partial charge in [0.05, 0.1) is 31.0 Å². The monoisotopic (exact) mass is 700 g/mol. The highest BCUT2D eigenvalue weighted by molar-refractivity contribution is 6.74. The summed E-state index contributed by atoms with van der Waals surface area (Å²) in [6, 6.07) is 0. The second-order valence-corrected chi connectivity index (χ2v) is 27.4. The van der Waals surface area contributed by atoms with Crippen LogP contribution >= 0.6 is 0 Å². The Kier molecular flexibility index (Phi) is 15.2. The highest BCUT2D eigenvalue weighted by Crippen LogP contribution is 2.41. The van der Waals surface area contributed by atoms with Gasteiger partial charge in [0.1, 0.15) is 18.0 Å². The fourth-order valence-corrected chi connectivity index (χ4v) is 7.22. The van der Waals surface area contributed by atoms with Crippen LogP contribution in [0.25, 0.3) is 0 Å². The van der Waals surface area contributed by atoms with Gasteiger partial charge in [-0.1, -0.05) is 67.5 Å². The third-order valence-electron chi connectivity index (χ3n) is 10.6. The largest absolute Gasteiger partial charge is 0.414 e. The third-order valence-corrected chi connectivity index (χ3v) is 19.7. The van der Waals surface area contributed by atoms with Gasteiger partial charge in [0.2, 0.25) is 0 Å². The zero-order chi connectivity index (χ0) is 37.0. The highest BCUT2D eigenvalue weighted by Gasteiger charge is 2.50. The average Bonchev–Trinajstić information content (AvgIpc) is 3.38. The molecule has 2 heterocycles. The lowest BCUT2D eigenvalue weighted by atomic mass is 9.82. The van der Waals surface area contributed by atoms with Gasteiger partial charge in [-0.25, -0.2) is 0 Å². The molecule has 47 heavy (non-hydrogen) atoms. The Morgan fingerprint density at radius 1 is 0.766 bits per heavy atom. The van der Waals surface area contributed by atoms with Crippen LogP contribution in [0.2, 0.25) is 36.3 Å². The minimum atomic E-state index is -1.86. The van der Waals surface area contributed by atoms with Crippen LogP contribution in [0.3, 0.4) is 0 Å². The standard InChI is InChI=1S/C19H38O4Si.C18H34O4Si/c1-11-12-19(8,20)14(2)16-15(22-18(6,7)23-16)13-21-24(9,10)17(3,4)5;1-10-11-14(19)13(2)16-15(21-18(6,7)22-16)12-20-23(8,9)17(3,4)5/h11,14-16,20H,1,12-13H2,2-10H3;10,13,15-16H,1,11-12H2,2-9H3/t14-,15+,16-,19+;13-,15-,16+/m10/s1. The summed E-state index contributed by atoms with van der Waals surface area (Å²) in [4.78, 5) is 12.2. The quantitative estimate of drug-likeness (QED) is 0.142. The highest BCUT2D eigenvalue weighted by atomic mass is 28.4. The smallest absolute Gasteiger partial charge is 0.192 e. The number of Topliss-reactive ketones (excluding diaryl/α,β-unsaturated/α-hetero) is 1. The number of aliphatic hydroxyl groups is 1. The van der Waals surface area contributed by atoms with Crippen LogP contribution in [0.5, 0.6) is 0 Å². The van der Waals surface area contributed by atoms with E-state index in [0.717, 1.165) is 0 Å². The van der Waals surface area contributed by atoms with Gasteiger partial charge < -0.3 is 32.9 Å². The number of hydrogen-bond acceptors (Lipinski definition) is 8. The second kappa shape index (κ2) is 16.1. The second-order valence-electron chi connectivity index (χ2n) is 17.8. The van der Waals surface area contributed by atoms with Crippen molar-refractivity contribution < 1.29 is 37.7 Å². The molecule has 0 unspecified atom stereocenters. The first-order chi connectivity index (χ1) is 20.9. The van der Waals surface area contributed by atoms with Crippen molar-refractivity contribution in [2.24, 2.45) is 11.8 Å². The van der Waals surface area contributed by atoms with Crippen molar-refractivity contribution in [2.45, 2.75) is 181 Å². The van der Waals surface area contributed by atoms with Crippen molar-refractivity contribution in [3.8, 4) is 0 Å². The van der Waals surface area contributed by atoms with Gasteiger partial charge in [0.25, 0.3) is 0 Å². The van der Waals surface area contributed by atoms with Crippen molar-refractivity contribution in [1.29, 1.82) is 0 Å². The van der Waals surface area contributed by atoms with Crippen molar-refractivity contribution in [3.05, 3.63) is 25.3 Å². The summed E-state index contributed by atoms with van der Waals surface area (Å²) in [5.74, 6) is -1.55. The summed E-state index contributed by atoms with van der Waals surface area (Å²) in [5, 5.41) is 11.0. The molecule has 0 aromatic rings. The van der Waals surface area contributed by atoms with E-state index in [1.165, 1.54) is 0 Å². The maximum absolute atomic E-state index is 12.2. The van der Waals surface area contributed by atoms with E-state index in [4.69, 9.17) is 27.8 Å². The Labute approximate surface area is 290 Å². The van der Waals surface area contributed by atoms with E-state index < -0.39 is 33.8 Å².